The molecule has 118 valence electrons. The van der Waals surface area contributed by atoms with Gasteiger partial charge in [-0.25, -0.2) is 9.67 Å². The van der Waals surface area contributed by atoms with E-state index in [-0.39, 0.29) is 0 Å². The monoisotopic (exact) mass is 318 g/mol. The van der Waals surface area contributed by atoms with Gasteiger partial charge in [-0.15, -0.1) is 11.3 Å². The smallest absolute Gasteiger partial charge is 0.245 e. The molecule has 0 bridgehead atoms. The molecule has 4 rings (SSSR count). The first-order valence-corrected chi connectivity index (χ1v) is 9.02. The molecule has 6 nitrogen and oxygen atoms in total. The van der Waals surface area contributed by atoms with Crippen molar-refractivity contribution in [3.05, 3.63) is 16.6 Å². The maximum atomic E-state index is 4.46. The molecule has 0 aromatic carbocycles. The lowest BCUT2D eigenvalue weighted by Crippen LogP contribution is -2.27. The molecular formula is C15H22N6S. The number of nitrogens with zero attached hydrogens (tertiary/aromatic N) is 6. The summed E-state index contributed by atoms with van der Waals surface area (Å²) in [4.78, 5) is 6.79. The molecule has 1 atom stereocenters. The maximum absolute atomic E-state index is 4.46. The van der Waals surface area contributed by atoms with E-state index in [4.69, 9.17) is 0 Å². The zero-order chi connectivity index (χ0) is 15.0. The molecule has 1 aliphatic carbocycles. The van der Waals surface area contributed by atoms with Gasteiger partial charge in [0.25, 0.3) is 0 Å². The van der Waals surface area contributed by atoms with Crippen LogP contribution in [0.4, 0.5) is 5.95 Å². The summed E-state index contributed by atoms with van der Waals surface area (Å²) in [7, 11) is 0. The van der Waals surface area contributed by atoms with E-state index in [1.807, 2.05) is 10.9 Å². The molecule has 0 N–H and O–H groups in total. The molecular weight excluding hydrogens is 296 g/mol. The second-order valence-corrected chi connectivity index (χ2v) is 7.88. The Morgan fingerprint density at radius 3 is 3.00 bits per heavy atom. The van der Waals surface area contributed by atoms with E-state index in [0.717, 1.165) is 32.0 Å². The molecule has 22 heavy (non-hydrogen) atoms. The third-order valence-electron chi connectivity index (χ3n) is 5.13. The number of aromatic nitrogens is 5. The summed E-state index contributed by atoms with van der Waals surface area (Å²) in [5.41, 5.74) is 0.360. The molecule has 2 fully saturated rings. The minimum absolute atomic E-state index is 0.360. The molecule has 2 aromatic heterocycles. The van der Waals surface area contributed by atoms with E-state index in [0.29, 0.717) is 11.3 Å². The first kappa shape index (κ1) is 14.1. The van der Waals surface area contributed by atoms with Gasteiger partial charge in [0.2, 0.25) is 5.95 Å². The van der Waals surface area contributed by atoms with E-state index in [1.165, 1.54) is 30.7 Å². The van der Waals surface area contributed by atoms with Crippen LogP contribution in [0.3, 0.4) is 0 Å². The van der Waals surface area contributed by atoms with Gasteiger partial charge in [0.15, 0.2) is 0 Å². The molecule has 1 unspecified atom stereocenters. The topological polar surface area (TPSA) is 59.7 Å². The highest BCUT2D eigenvalue weighted by molar-refractivity contribution is 7.09. The first-order chi connectivity index (χ1) is 10.7. The van der Waals surface area contributed by atoms with Crippen LogP contribution < -0.4 is 4.90 Å². The lowest BCUT2D eigenvalue weighted by molar-refractivity contribution is 0.266. The summed E-state index contributed by atoms with van der Waals surface area (Å²) < 4.78 is 2.02. The molecule has 2 aromatic rings. The Labute approximate surface area is 134 Å². The summed E-state index contributed by atoms with van der Waals surface area (Å²) in [6, 6.07) is 0. The third kappa shape index (κ3) is 2.62. The first-order valence-electron chi connectivity index (χ1n) is 8.14. The molecule has 1 saturated carbocycles. The Morgan fingerprint density at radius 2 is 2.23 bits per heavy atom. The fourth-order valence-electron chi connectivity index (χ4n) is 3.86. The Hall–Kier alpha value is -1.50. The van der Waals surface area contributed by atoms with Crippen LogP contribution in [0.5, 0.6) is 0 Å². The van der Waals surface area contributed by atoms with Crippen LogP contribution in [0, 0.1) is 5.41 Å². The second kappa shape index (κ2) is 5.61. The highest BCUT2D eigenvalue weighted by Gasteiger charge is 2.33. The average molecular weight is 318 g/mol. The van der Waals surface area contributed by atoms with Crippen molar-refractivity contribution in [2.24, 2.45) is 5.41 Å². The van der Waals surface area contributed by atoms with Gasteiger partial charge in [0.05, 0.1) is 11.6 Å². The van der Waals surface area contributed by atoms with Crippen molar-refractivity contribution in [2.75, 3.05) is 18.0 Å². The lowest BCUT2D eigenvalue weighted by atomic mass is 9.89. The van der Waals surface area contributed by atoms with E-state index in [9.17, 15) is 0 Å². The van der Waals surface area contributed by atoms with Crippen LogP contribution >= 0.6 is 11.3 Å². The van der Waals surface area contributed by atoms with Crippen molar-refractivity contribution in [3.8, 4) is 0 Å². The van der Waals surface area contributed by atoms with Gasteiger partial charge in [-0.1, -0.05) is 24.9 Å². The lowest BCUT2D eigenvalue weighted by Gasteiger charge is -2.25. The van der Waals surface area contributed by atoms with Crippen molar-refractivity contribution in [3.63, 3.8) is 0 Å². The van der Waals surface area contributed by atoms with Crippen molar-refractivity contribution in [1.29, 1.82) is 0 Å². The van der Waals surface area contributed by atoms with Crippen molar-refractivity contribution in [2.45, 2.75) is 51.5 Å². The number of tetrazole rings is 1. The fraction of sp³-hybridized carbons (Fsp3) is 0.733. The largest absolute Gasteiger partial charge is 0.339 e. The number of thiazole rings is 1. The summed E-state index contributed by atoms with van der Waals surface area (Å²) in [5, 5.41) is 15.8. The Balaban J connectivity index is 1.48. The van der Waals surface area contributed by atoms with Gasteiger partial charge in [0.1, 0.15) is 0 Å². The third-order valence-corrected chi connectivity index (χ3v) is 6.06. The van der Waals surface area contributed by atoms with Crippen LogP contribution in [0.15, 0.2) is 11.6 Å². The van der Waals surface area contributed by atoms with Crippen molar-refractivity contribution in [1.82, 2.24) is 25.2 Å². The number of hydrogen-bond donors (Lipinski definition) is 0. The molecule has 1 aliphatic heterocycles. The van der Waals surface area contributed by atoms with E-state index in [1.54, 1.807) is 11.3 Å². The summed E-state index contributed by atoms with van der Waals surface area (Å²) in [5.74, 6) is 1.46. The minimum Gasteiger partial charge on any atom is -0.339 e. The zero-order valence-corrected chi connectivity index (χ0v) is 13.8. The molecule has 0 amide bonds. The quantitative estimate of drug-likeness (QED) is 0.867. The van der Waals surface area contributed by atoms with Crippen LogP contribution in [-0.4, -0.2) is 38.3 Å². The second-order valence-electron chi connectivity index (χ2n) is 6.96. The SMILES string of the molecule is CC1(Cn2nnnc2N2CCC(c3nccs3)C2)CCCC1. The van der Waals surface area contributed by atoms with Crippen LogP contribution in [0.2, 0.25) is 0 Å². The van der Waals surface area contributed by atoms with Gasteiger partial charge in [-0.3, -0.25) is 0 Å². The highest BCUT2D eigenvalue weighted by Crippen LogP contribution is 2.39. The van der Waals surface area contributed by atoms with Crippen molar-refractivity contribution >= 4 is 17.3 Å². The van der Waals surface area contributed by atoms with E-state index >= 15 is 0 Å². The van der Waals surface area contributed by atoms with E-state index in [2.05, 4.69) is 37.7 Å². The Morgan fingerprint density at radius 1 is 1.36 bits per heavy atom. The highest BCUT2D eigenvalue weighted by atomic mass is 32.1. The predicted molar refractivity (Wildman–Crippen MR) is 86.1 cm³/mol. The van der Waals surface area contributed by atoms with Gasteiger partial charge in [-0.2, -0.15) is 0 Å². The molecule has 0 radical (unpaired) electrons. The number of anilines is 1. The van der Waals surface area contributed by atoms with Gasteiger partial charge in [0, 0.05) is 30.6 Å². The number of hydrogen-bond acceptors (Lipinski definition) is 6. The fourth-order valence-corrected chi connectivity index (χ4v) is 4.62. The summed E-state index contributed by atoms with van der Waals surface area (Å²) >= 11 is 1.75. The van der Waals surface area contributed by atoms with Gasteiger partial charge < -0.3 is 4.90 Å². The van der Waals surface area contributed by atoms with E-state index < -0.39 is 0 Å². The zero-order valence-electron chi connectivity index (χ0n) is 13.0. The average Bonchev–Trinajstić information content (AvgIpc) is 3.26. The normalized spacial score (nSPS) is 24.2. The van der Waals surface area contributed by atoms with Crippen LogP contribution in [0.1, 0.15) is 50.0 Å². The Bertz CT molecular complexity index is 616. The van der Waals surface area contributed by atoms with Crippen LogP contribution in [0.25, 0.3) is 0 Å². The number of rotatable bonds is 4. The van der Waals surface area contributed by atoms with Gasteiger partial charge >= 0.3 is 0 Å². The summed E-state index contributed by atoms with van der Waals surface area (Å²) in [6.07, 6.45) is 8.28. The molecule has 2 aliphatic rings. The molecule has 1 saturated heterocycles. The molecule has 0 spiro atoms. The molecule has 7 heteroatoms. The van der Waals surface area contributed by atoms with Crippen molar-refractivity contribution < 1.29 is 0 Å². The standard InChI is InChI=1S/C15H22N6S/c1-15(5-2-3-6-15)11-21-14(17-18-19-21)20-8-4-12(10-20)13-16-7-9-22-13/h7,9,12H,2-6,8,10-11H2,1H3. The Kier molecular flexibility index (Phi) is 3.60. The molecule has 3 heterocycles. The van der Waals surface area contributed by atoms with Gasteiger partial charge in [-0.05, 0) is 35.1 Å². The predicted octanol–water partition coefficient (Wildman–Crippen LogP) is 2.70. The minimum atomic E-state index is 0.360. The summed E-state index contributed by atoms with van der Waals surface area (Å²) in [6.45, 7) is 5.30. The van der Waals surface area contributed by atoms with Crippen LogP contribution in [-0.2, 0) is 6.54 Å². The maximum Gasteiger partial charge on any atom is 0.245 e.